The van der Waals surface area contributed by atoms with Crippen LogP contribution in [0.25, 0.3) is 11.4 Å². The summed E-state index contributed by atoms with van der Waals surface area (Å²) in [4.78, 5) is 28.0. The number of rotatable bonds is 4. The number of likely N-dealkylation sites (tertiary alicyclic amines) is 1. The first-order valence-corrected chi connectivity index (χ1v) is 12.6. The number of piperidine rings is 1. The van der Waals surface area contributed by atoms with Crippen molar-refractivity contribution in [2.24, 2.45) is 5.92 Å². The lowest BCUT2D eigenvalue weighted by Crippen LogP contribution is -2.42. The van der Waals surface area contributed by atoms with E-state index in [9.17, 15) is 13.2 Å². The van der Waals surface area contributed by atoms with E-state index in [0.29, 0.717) is 37.4 Å². The van der Waals surface area contributed by atoms with Crippen LogP contribution in [0.4, 0.5) is 0 Å². The average molecular weight is 429 g/mol. The molecule has 7 nitrogen and oxygen atoms in total. The topological polar surface area (TPSA) is 93.1 Å². The lowest BCUT2D eigenvalue weighted by Gasteiger charge is -2.35. The van der Waals surface area contributed by atoms with Crippen LogP contribution in [0, 0.1) is 5.92 Å². The molecule has 0 unspecified atom stereocenters. The van der Waals surface area contributed by atoms with Crippen molar-refractivity contribution in [1.82, 2.24) is 19.9 Å². The molecule has 0 aromatic carbocycles. The minimum absolute atomic E-state index is 0.00582. The second kappa shape index (κ2) is 8.79. The summed E-state index contributed by atoms with van der Waals surface area (Å²) >= 11 is 0. The van der Waals surface area contributed by atoms with Crippen LogP contribution in [0.1, 0.15) is 56.6 Å². The number of carbonyl (C=O) groups excluding carboxylic acids is 1. The van der Waals surface area contributed by atoms with E-state index in [-0.39, 0.29) is 22.6 Å². The quantitative estimate of drug-likeness (QED) is 0.742. The molecular formula is C22H28N4O3S. The van der Waals surface area contributed by atoms with Crippen molar-refractivity contribution in [1.29, 1.82) is 0 Å². The molecule has 8 heteroatoms. The summed E-state index contributed by atoms with van der Waals surface area (Å²) < 4.78 is 24.7. The van der Waals surface area contributed by atoms with Crippen LogP contribution >= 0.6 is 0 Å². The van der Waals surface area contributed by atoms with Gasteiger partial charge in [-0.2, -0.15) is 0 Å². The van der Waals surface area contributed by atoms with Crippen molar-refractivity contribution in [3.63, 3.8) is 0 Å². The standard InChI is InChI=1S/C22H28N4O3S/c1-30(28,29)19-15-24-21(17-7-11-23-12-8-17)25-20(19)16-9-13-26(14-10-16)22(27)18-5-3-2-4-6-18/h7-8,11-12,15-16,18H,2-6,9-10,13-14H2,1H3. The highest BCUT2D eigenvalue weighted by Gasteiger charge is 2.32. The van der Waals surface area contributed by atoms with Crippen molar-refractivity contribution in [3.05, 3.63) is 36.4 Å². The fourth-order valence-electron chi connectivity index (χ4n) is 4.58. The van der Waals surface area contributed by atoms with Crippen LogP contribution in [0.3, 0.4) is 0 Å². The van der Waals surface area contributed by atoms with Gasteiger partial charge < -0.3 is 4.90 Å². The molecule has 1 saturated heterocycles. The summed E-state index contributed by atoms with van der Waals surface area (Å²) in [6.07, 6.45) is 12.9. The van der Waals surface area contributed by atoms with E-state index in [0.717, 1.165) is 31.2 Å². The lowest BCUT2D eigenvalue weighted by molar-refractivity contribution is -0.137. The number of aromatic nitrogens is 3. The molecule has 1 amide bonds. The number of pyridine rings is 1. The predicted octanol–water partition coefficient (Wildman–Crippen LogP) is 3.23. The number of hydrogen-bond donors (Lipinski definition) is 0. The van der Waals surface area contributed by atoms with Crippen molar-refractivity contribution in [3.8, 4) is 11.4 Å². The molecule has 0 N–H and O–H groups in total. The minimum atomic E-state index is -3.45. The van der Waals surface area contributed by atoms with Gasteiger partial charge in [0.15, 0.2) is 15.7 Å². The summed E-state index contributed by atoms with van der Waals surface area (Å²) in [5, 5.41) is 0. The number of amides is 1. The van der Waals surface area contributed by atoms with Gasteiger partial charge in [-0.25, -0.2) is 18.4 Å². The molecule has 0 bridgehead atoms. The molecule has 0 atom stereocenters. The van der Waals surface area contributed by atoms with Crippen molar-refractivity contribution in [2.45, 2.75) is 55.8 Å². The van der Waals surface area contributed by atoms with E-state index in [1.54, 1.807) is 12.4 Å². The van der Waals surface area contributed by atoms with E-state index < -0.39 is 9.84 Å². The highest BCUT2D eigenvalue weighted by Crippen LogP contribution is 2.34. The number of nitrogens with zero attached hydrogens (tertiary/aromatic N) is 4. The maximum absolute atomic E-state index is 12.9. The van der Waals surface area contributed by atoms with Gasteiger partial charge in [-0.3, -0.25) is 9.78 Å². The Morgan fingerprint density at radius 3 is 2.33 bits per heavy atom. The molecule has 3 heterocycles. The van der Waals surface area contributed by atoms with E-state index in [2.05, 4.69) is 15.0 Å². The first kappa shape index (κ1) is 20.9. The normalized spacial score (nSPS) is 19.0. The SMILES string of the molecule is CS(=O)(=O)c1cnc(-c2ccncc2)nc1C1CCN(C(=O)C2CCCCC2)CC1. The third-order valence-electron chi connectivity index (χ3n) is 6.27. The highest BCUT2D eigenvalue weighted by atomic mass is 32.2. The first-order chi connectivity index (χ1) is 14.4. The molecule has 2 aliphatic rings. The smallest absolute Gasteiger partial charge is 0.225 e. The number of carbonyl (C=O) groups is 1. The first-order valence-electron chi connectivity index (χ1n) is 10.7. The molecular weight excluding hydrogens is 400 g/mol. The Kier molecular flexibility index (Phi) is 6.13. The molecule has 1 saturated carbocycles. The molecule has 30 heavy (non-hydrogen) atoms. The Balaban J connectivity index is 1.55. The molecule has 2 aromatic rings. The second-order valence-electron chi connectivity index (χ2n) is 8.39. The number of hydrogen-bond acceptors (Lipinski definition) is 6. The Labute approximate surface area is 177 Å². The molecule has 2 aromatic heterocycles. The van der Waals surface area contributed by atoms with Crippen molar-refractivity contribution in [2.75, 3.05) is 19.3 Å². The largest absolute Gasteiger partial charge is 0.342 e. The summed E-state index contributed by atoms with van der Waals surface area (Å²) in [5.41, 5.74) is 1.38. The molecule has 4 rings (SSSR count). The van der Waals surface area contributed by atoms with Gasteiger partial charge in [-0.1, -0.05) is 19.3 Å². The Morgan fingerprint density at radius 1 is 1.03 bits per heavy atom. The molecule has 1 aliphatic heterocycles. The fraction of sp³-hybridized carbons (Fsp3) is 0.545. The van der Waals surface area contributed by atoms with E-state index in [4.69, 9.17) is 0 Å². The molecule has 0 radical (unpaired) electrons. The maximum Gasteiger partial charge on any atom is 0.225 e. The molecule has 0 spiro atoms. The van der Waals surface area contributed by atoms with E-state index in [1.807, 2.05) is 17.0 Å². The van der Waals surface area contributed by atoms with Crippen LogP contribution in [-0.2, 0) is 14.6 Å². The van der Waals surface area contributed by atoms with Gasteiger partial charge >= 0.3 is 0 Å². The summed E-state index contributed by atoms with van der Waals surface area (Å²) in [7, 11) is -3.45. The van der Waals surface area contributed by atoms with Gasteiger partial charge in [-0.05, 0) is 37.8 Å². The van der Waals surface area contributed by atoms with Gasteiger partial charge in [0.25, 0.3) is 0 Å². The van der Waals surface area contributed by atoms with E-state index >= 15 is 0 Å². The summed E-state index contributed by atoms with van der Waals surface area (Å²) in [6, 6.07) is 3.62. The predicted molar refractivity (Wildman–Crippen MR) is 114 cm³/mol. The Bertz CT molecular complexity index is 996. The van der Waals surface area contributed by atoms with Gasteiger partial charge in [0.1, 0.15) is 4.90 Å². The second-order valence-corrected chi connectivity index (χ2v) is 10.4. The van der Waals surface area contributed by atoms with Crippen LogP contribution in [-0.4, -0.2) is 53.5 Å². The van der Waals surface area contributed by atoms with Gasteiger partial charge in [0, 0.05) is 55.3 Å². The van der Waals surface area contributed by atoms with Gasteiger partial charge in [0.05, 0.1) is 5.69 Å². The average Bonchev–Trinajstić information content (AvgIpc) is 2.79. The zero-order valence-electron chi connectivity index (χ0n) is 17.3. The zero-order chi connectivity index (χ0) is 21.1. The van der Waals surface area contributed by atoms with Crippen LogP contribution < -0.4 is 0 Å². The lowest BCUT2D eigenvalue weighted by atomic mass is 9.86. The van der Waals surface area contributed by atoms with Crippen molar-refractivity contribution < 1.29 is 13.2 Å². The van der Waals surface area contributed by atoms with Gasteiger partial charge in [-0.15, -0.1) is 0 Å². The minimum Gasteiger partial charge on any atom is -0.342 e. The third-order valence-corrected chi connectivity index (χ3v) is 7.38. The molecule has 160 valence electrons. The van der Waals surface area contributed by atoms with Crippen LogP contribution in [0.5, 0.6) is 0 Å². The number of sulfone groups is 1. The van der Waals surface area contributed by atoms with Crippen LogP contribution in [0.15, 0.2) is 35.6 Å². The zero-order valence-corrected chi connectivity index (χ0v) is 18.1. The maximum atomic E-state index is 12.9. The van der Waals surface area contributed by atoms with Crippen LogP contribution in [0.2, 0.25) is 0 Å². The third kappa shape index (κ3) is 4.53. The Morgan fingerprint density at radius 2 is 1.70 bits per heavy atom. The highest BCUT2D eigenvalue weighted by molar-refractivity contribution is 7.90. The fourth-order valence-corrected chi connectivity index (χ4v) is 5.42. The summed E-state index contributed by atoms with van der Waals surface area (Å²) in [5.74, 6) is 0.935. The Hall–Kier alpha value is -2.35. The molecule has 1 aliphatic carbocycles. The molecule has 2 fully saturated rings. The van der Waals surface area contributed by atoms with E-state index in [1.165, 1.54) is 18.9 Å². The van der Waals surface area contributed by atoms with Crippen molar-refractivity contribution >= 4 is 15.7 Å². The van der Waals surface area contributed by atoms with Gasteiger partial charge in [0.2, 0.25) is 5.91 Å². The monoisotopic (exact) mass is 428 g/mol. The summed E-state index contributed by atoms with van der Waals surface area (Å²) in [6.45, 7) is 1.30.